The molecule has 4 heteroatoms. The van der Waals surface area contributed by atoms with Crippen molar-refractivity contribution in [1.29, 1.82) is 0 Å². The molecule has 560 valence electrons. The zero-order valence-corrected chi connectivity index (χ0v) is 66.8. The quantitative estimate of drug-likeness (QED) is 0.0282. The van der Waals surface area contributed by atoms with Crippen LogP contribution < -0.4 is 18.9 Å². The first-order valence-corrected chi connectivity index (χ1v) is 42.5. The molecule has 0 saturated heterocycles. The van der Waals surface area contributed by atoms with Crippen molar-refractivity contribution in [3.8, 4) is 70.4 Å². The lowest BCUT2D eigenvalue weighted by molar-refractivity contribution is 0.295. The van der Waals surface area contributed by atoms with Gasteiger partial charge in [0, 0.05) is 46.5 Å². The fourth-order valence-electron chi connectivity index (χ4n) is 14.1. The van der Waals surface area contributed by atoms with E-state index in [1.165, 1.54) is 250 Å². The Bertz CT molecular complexity index is 3460. The highest BCUT2D eigenvalue weighted by Crippen LogP contribution is 2.33. The summed E-state index contributed by atoms with van der Waals surface area (Å²) >= 11 is 0. The van der Waals surface area contributed by atoms with Crippen LogP contribution in [0.4, 0.5) is 0 Å². The van der Waals surface area contributed by atoms with Crippen molar-refractivity contribution >= 4 is 0 Å². The molecule has 0 amide bonds. The Hall–Kier alpha value is -7.24. The number of aryl methyl sites for hydroxylation is 8. The van der Waals surface area contributed by atoms with E-state index in [-0.39, 0.29) is 0 Å². The van der Waals surface area contributed by atoms with Crippen molar-refractivity contribution in [3.05, 3.63) is 186 Å². The third-order valence-corrected chi connectivity index (χ3v) is 21.0. The molecule has 0 aromatic heterocycles. The average molecular weight is 1400 g/mol. The highest BCUT2D eigenvalue weighted by molar-refractivity contribution is 5.64. The molecule has 0 spiro atoms. The van der Waals surface area contributed by atoms with Crippen LogP contribution in [0.1, 0.15) is 374 Å². The van der Waals surface area contributed by atoms with Gasteiger partial charge in [-0.05, 0) is 148 Å². The first-order valence-electron chi connectivity index (χ1n) is 42.5. The number of rotatable bonds is 48. The smallest absolute Gasteiger partial charge is 0.136 e. The summed E-state index contributed by atoms with van der Waals surface area (Å²) in [6.45, 7) is 20.3. The molecule has 0 unspecified atom stereocenters. The summed E-state index contributed by atoms with van der Waals surface area (Å²) < 4.78 is 27.3. The molecule has 4 aliphatic rings. The monoisotopic (exact) mass is 1400 g/mol. The Kier molecular flexibility index (Phi) is 41.9. The fourth-order valence-corrected chi connectivity index (χ4v) is 14.1. The third kappa shape index (κ3) is 33.1. The third-order valence-electron chi connectivity index (χ3n) is 21.0. The van der Waals surface area contributed by atoms with E-state index in [1.54, 1.807) is 0 Å². The van der Waals surface area contributed by atoms with E-state index in [1.807, 2.05) is 0 Å². The molecular weight excluding hydrogens is 1270 g/mol. The van der Waals surface area contributed by atoms with Gasteiger partial charge < -0.3 is 18.9 Å². The van der Waals surface area contributed by atoms with Crippen molar-refractivity contribution in [1.82, 2.24) is 0 Å². The lowest BCUT2D eigenvalue weighted by atomic mass is 9.91. The second-order valence-corrected chi connectivity index (χ2v) is 30.4. The van der Waals surface area contributed by atoms with E-state index in [4.69, 9.17) is 18.9 Å². The number of hydrogen-bond acceptors (Lipinski definition) is 4. The van der Waals surface area contributed by atoms with Gasteiger partial charge in [0.1, 0.15) is 23.0 Å². The van der Waals surface area contributed by atoms with Crippen molar-refractivity contribution < 1.29 is 18.9 Å². The normalized spacial score (nSPS) is 11.5. The highest BCUT2D eigenvalue weighted by atomic mass is 16.5. The zero-order chi connectivity index (χ0) is 73.3. The molecule has 0 atom stereocenters. The number of ether oxygens (including phenoxy) is 4. The number of hydrogen-bond donors (Lipinski definition) is 0. The van der Waals surface area contributed by atoms with Crippen LogP contribution in [0, 0.1) is 75.1 Å². The van der Waals surface area contributed by atoms with Crippen molar-refractivity contribution in [2.24, 2.45) is 0 Å². The van der Waals surface area contributed by atoms with Gasteiger partial charge in [-0.3, -0.25) is 0 Å². The Morgan fingerprint density at radius 2 is 0.452 bits per heavy atom. The van der Waals surface area contributed by atoms with Crippen LogP contribution in [0.2, 0.25) is 0 Å². The molecule has 4 aliphatic carbocycles. The zero-order valence-electron chi connectivity index (χ0n) is 66.8. The van der Waals surface area contributed by atoms with Crippen LogP contribution >= 0.6 is 0 Å². The van der Waals surface area contributed by atoms with Gasteiger partial charge in [0.15, 0.2) is 0 Å². The second-order valence-electron chi connectivity index (χ2n) is 30.4. The van der Waals surface area contributed by atoms with E-state index in [2.05, 4.69) is 200 Å². The van der Waals surface area contributed by atoms with Crippen LogP contribution in [0.3, 0.4) is 0 Å². The van der Waals surface area contributed by atoms with Crippen molar-refractivity contribution in [3.63, 3.8) is 0 Å². The van der Waals surface area contributed by atoms with E-state index >= 15 is 0 Å². The maximum Gasteiger partial charge on any atom is 0.136 e. The van der Waals surface area contributed by atoms with Crippen LogP contribution in [0.25, 0.3) is 0 Å². The van der Waals surface area contributed by atoms with Crippen LogP contribution in [-0.2, 0) is 25.7 Å². The Balaban J connectivity index is 1.15. The molecule has 0 N–H and O–H groups in total. The summed E-state index contributed by atoms with van der Waals surface area (Å²) in [5.41, 5.74) is 17.4. The van der Waals surface area contributed by atoms with Gasteiger partial charge in [-0.1, -0.05) is 355 Å². The molecule has 104 heavy (non-hydrogen) atoms. The van der Waals surface area contributed by atoms with E-state index < -0.39 is 0 Å². The summed E-state index contributed by atoms with van der Waals surface area (Å²) in [7, 11) is 0. The molecule has 4 nitrogen and oxygen atoms in total. The van der Waals surface area contributed by atoms with Gasteiger partial charge in [0.25, 0.3) is 0 Å². The highest BCUT2D eigenvalue weighted by Gasteiger charge is 2.16. The molecule has 10 rings (SSSR count). The summed E-state index contributed by atoms with van der Waals surface area (Å²) in [6, 6.07) is 35.5. The lowest BCUT2D eigenvalue weighted by Crippen LogP contribution is -2.04. The molecule has 0 heterocycles. The standard InChI is InChI=1S/C100H136O4/c1-9-13-17-21-25-29-33-37-41-45-69-101-97-79-95(99(103-71-47-43-39-35-31-27-23-19-15-11-3)77-93(97)65-61-89-73-81(5)49-51-83(89)7)67-63-91-75-85-53-57-87(91)59-55-86-54-58-88(60-56-85)92(76-86)64-68-96-80-98(102-70-46-42-38-34-30-26-22-18-14-10-2)94(66-62-90-74-82(6)50-52-84(90)8)78-100(96)104-72-48-44-40-36-32-28-24-20-16-12-4/h49-54,57-58,73-80H,9-48,55-56,59-60,69-72H2,1-8H3. The predicted octanol–water partition coefficient (Wildman–Crippen LogP) is 27.6. The fraction of sp³-hybridized carbons (Fsp3) is 0.560. The molecular formula is C100H136O4. The van der Waals surface area contributed by atoms with E-state index in [0.717, 1.165) is 145 Å². The van der Waals surface area contributed by atoms with Crippen molar-refractivity contribution in [2.75, 3.05) is 26.4 Å². The Labute approximate surface area is 636 Å². The van der Waals surface area contributed by atoms with E-state index in [9.17, 15) is 0 Å². The molecule has 6 aromatic rings. The van der Waals surface area contributed by atoms with Crippen LogP contribution in [-0.4, -0.2) is 26.4 Å². The molecule has 0 radical (unpaired) electrons. The molecule has 6 aromatic carbocycles. The van der Waals surface area contributed by atoms with Crippen LogP contribution in [0.15, 0.2) is 97.1 Å². The summed E-state index contributed by atoms with van der Waals surface area (Å²) in [5, 5.41) is 0. The number of benzene rings is 6. The maximum atomic E-state index is 6.84. The van der Waals surface area contributed by atoms with Gasteiger partial charge in [0.2, 0.25) is 0 Å². The molecule has 0 fully saturated rings. The average Bonchev–Trinajstić information content (AvgIpc) is 0.821. The van der Waals surface area contributed by atoms with Gasteiger partial charge in [-0.15, -0.1) is 0 Å². The lowest BCUT2D eigenvalue weighted by Gasteiger charge is -2.15. The van der Waals surface area contributed by atoms with Gasteiger partial charge in [-0.25, -0.2) is 0 Å². The molecule has 4 bridgehead atoms. The van der Waals surface area contributed by atoms with Crippen molar-refractivity contribution in [2.45, 2.75) is 338 Å². The summed E-state index contributed by atoms with van der Waals surface area (Å²) in [6.07, 6.45) is 54.5. The van der Waals surface area contributed by atoms with Gasteiger partial charge in [-0.2, -0.15) is 0 Å². The number of unbranched alkanes of at least 4 members (excludes halogenated alkanes) is 36. The largest absolute Gasteiger partial charge is 0.492 e. The first kappa shape index (κ1) is 84.0. The minimum Gasteiger partial charge on any atom is -0.492 e. The maximum absolute atomic E-state index is 6.84. The van der Waals surface area contributed by atoms with Crippen LogP contribution in [0.5, 0.6) is 23.0 Å². The Morgan fingerprint density at radius 1 is 0.221 bits per heavy atom. The van der Waals surface area contributed by atoms with Gasteiger partial charge >= 0.3 is 0 Å². The summed E-state index contributed by atoms with van der Waals surface area (Å²) in [5.74, 6) is 32.3. The first-order chi connectivity index (χ1) is 51.1. The molecule has 0 saturated carbocycles. The summed E-state index contributed by atoms with van der Waals surface area (Å²) in [4.78, 5) is 0. The van der Waals surface area contributed by atoms with Gasteiger partial charge in [0.05, 0.1) is 48.7 Å². The second kappa shape index (κ2) is 51.9. The molecule has 0 aliphatic heterocycles. The minimum atomic E-state index is 0.638. The Morgan fingerprint density at radius 3 is 0.712 bits per heavy atom. The minimum absolute atomic E-state index is 0.638. The SMILES string of the molecule is CCCCCCCCCCCCOc1cc(C#Cc2cc3ccc2CCc2ccc(c(C#Cc4cc(OCCCCCCCCCCCC)c(C#Cc5cc(C)ccc5C)cc4OCCCCCCCCCCCC)c2)CC3)c(OCCCCCCCCCCCC)cc1C#Cc1cc(C)ccc1C. The topological polar surface area (TPSA) is 36.9 Å². The predicted molar refractivity (Wildman–Crippen MR) is 446 cm³/mol. The van der Waals surface area contributed by atoms with E-state index in [0.29, 0.717) is 26.4 Å².